The van der Waals surface area contributed by atoms with E-state index in [4.69, 9.17) is 16.7 Å². The van der Waals surface area contributed by atoms with Crippen molar-refractivity contribution in [3.63, 3.8) is 0 Å². The number of nitrogens with one attached hydrogen (secondary N) is 2. The van der Waals surface area contributed by atoms with Gasteiger partial charge in [-0.25, -0.2) is 4.79 Å². The molecule has 6 atom stereocenters. The average Bonchev–Trinajstić information content (AvgIpc) is 3.58. The number of halogens is 2. The number of allylic oxidation sites excluding steroid dienone is 1. The lowest BCUT2D eigenvalue weighted by molar-refractivity contribution is -0.136. The number of aryl methyl sites for hydroxylation is 1. The number of H-pyrrole nitrogens is 2. The van der Waals surface area contributed by atoms with Crippen molar-refractivity contribution in [1.29, 1.82) is 0 Å². The van der Waals surface area contributed by atoms with Gasteiger partial charge in [0.1, 0.15) is 5.78 Å². The fraction of sp³-hybridized carbons (Fsp3) is 0.500. The SMILES string of the molecule is CC(=O)[C@H]1CC[C@H]2[C@@H]3CCC4=CC(=O)CC[C@]4(C)[C@H]3CC[C@]12C.Cc1cc(CC(=O)O)n(C)c1C(=O)c1ccc(Cl)cc1.O=c1[nH]cc(F)c(=O)[nH]1. The normalized spacial score (nSPS) is 27.4. The van der Waals surface area contributed by atoms with Gasteiger partial charge in [0.05, 0.1) is 12.1 Å². The predicted molar refractivity (Wildman–Crippen MR) is 195 cm³/mol. The van der Waals surface area contributed by atoms with Crippen molar-refractivity contribution in [2.24, 2.45) is 41.5 Å². The van der Waals surface area contributed by atoms with Gasteiger partial charge in [-0.05, 0) is 129 Å². The van der Waals surface area contributed by atoms with E-state index in [1.807, 2.05) is 11.1 Å². The van der Waals surface area contributed by atoms with Gasteiger partial charge in [0.25, 0.3) is 5.56 Å². The molecule has 0 amide bonds. The minimum absolute atomic E-state index is 0.106. The molecule has 3 fully saturated rings. The molecule has 0 radical (unpaired) electrons. The van der Waals surface area contributed by atoms with Crippen LogP contribution >= 0.6 is 11.6 Å². The third-order valence-electron chi connectivity index (χ3n) is 12.4. The Kier molecular flexibility index (Phi) is 11.4. The Morgan fingerprint density at radius 3 is 2.31 bits per heavy atom. The van der Waals surface area contributed by atoms with Crippen molar-refractivity contribution in [1.82, 2.24) is 14.5 Å². The van der Waals surface area contributed by atoms with Crippen molar-refractivity contribution in [2.45, 2.75) is 85.5 Å². The molecule has 0 bridgehead atoms. The van der Waals surface area contributed by atoms with Crippen LogP contribution in [0.2, 0.25) is 5.02 Å². The Bertz CT molecular complexity index is 2030. The van der Waals surface area contributed by atoms with Crippen molar-refractivity contribution < 1.29 is 28.7 Å². The van der Waals surface area contributed by atoms with E-state index in [1.165, 1.54) is 31.3 Å². The fourth-order valence-electron chi connectivity index (χ4n) is 9.84. The Morgan fingerprint density at radius 1 is 1.00 bits per heavy atom. The summed E-state index contributed by atoms with van der Waals surface area (Å²) in [6.07, 6.45) is 11.6. The minimum Gasteiger partial charge on any atom is -0.481 e. The maximum Gasteiger partial charge on any atom is 0.325 e. The van der Waals surface area contributed by atoms with E-state index in [1.54, 1.807) is 60.8 Å². The topological polar surface area (TPSA) is 159 Å². The lowest BCUT2D eigenvalue weighted by Crippen LogP contribution is -2.51. The highest BCUT2D eigenvalue weighted by molar-refractivity contribution is 6.30. The van der Waals surface area contributed by atoms with Gasteiger partial charge >= 0.3 is 11.7 Å². The molecule has 2 heterocycles. The summed E-state index contributed by atoms with van der Waals surface area (Å²) < 4.78 is 13.6. The number of Topliss-reactive ketones (excluding diaryl/α,β-unsaturated/α-hetero) is 1. The molecule has 0 unspecified atom stereocenters. The number of carboxylic acid groups (broad SMARTS) is 1. The molecular formula is C40H47ClFN3O7. The number of nitrogens with zero attached hydrogens (tertiary/aromatic N) is 1. The van der Waals surface area contributed by atoms with Crippen LogP contribution in [0.3, 0.4) is 0 Å². The zero-order valence-electron chi connectivity index (χ0n) is 30.3. The molecule has 278 valence electrons. The van der Waals surface area contributed by atoms with Crippen molar-refractivity contribution >= 4 is 34.9 Å². The van der Waals surface area contributed by atoms with Gasteiger partial charge in [-0.1, -0.05) is 31.0 Å². The summed E-state index contributed by atoms with van der Waals surface area (Å²) in [5.74, 6) is 1.24. The first-order chi connectivity index (χ1) is 24.5. The van der Waals surface area contributed by atoms with Crippen LogP contribution in [0.5, 0.6) is 0 Å². The molecule has 7 rings (SSSR count). The highest BCUT2D eigenvalue weighted by atomic mass is 35.5. The van der Waals surface area contributed by atoms with Crippen molar-refractivity contribution in [3.05, 3.63) is 102 Å². The lowest BCUT2D eigenvalue weighted by atomic mass is 9.47. The number of benzene rings is 1. The molecule has 0 saturated heterocycles. The molecule has 4 aliphatic rings. The van der Waals surface area contributed by atoms with E-state index < -0.39 is 23.0 Å². The van der Waals surface area contributed by atoms with Gasteiger partial charge < -0.3 is 14.7 Å². The smallest absolute Gasteiger partial charge is 0.325 e. The van der Waals surface area contributed by atoms with Crippen LogP contribution in [0, 0.1) is 47.2 Å². The zero-order chi connectivity index (χ0) is 38.1. The lowest BCUT2D eigenvalue weighted by Gasteiger charge is -2.58. The second-order valence-electron chi connectivity index (χ2n) is 15.3. The van der Waals surface area contributed by atoms with E-state index in [0.29, 0.717) is 45.7 Å². The number of hydrogen-bond acceptors (Lipinski definition) is 6. The quantitative estimate of drug-likeness (QED) is 0.244. The monoisotopic (exact) mass is 735 g/mol. The molecule has 4 aliphatic carbocycles. The summed E-state index contributed by atoms with van der Waals surface area (Å²) in [5.41, 5.74) is 2.64. The van der Waals surface area contributed by atoms with Crippen molar-refractivity contribution in [3.8, 4) is 0 Å². The highest BCUT2D eigenvalue weighted by Gasteiger charge is 2.59. The van der Waals surface area contributed by atoms with E-state index >= 15 is 0 Å². The summed E-state index contributed by atoms with van der Waals surface area (Å²) in [4.78, 5) is 71.3. The third kappa shape index (κ3) is 7.70. The first-order valence-corrected chi connectivity index (χ1v) is 18.2. The first kappa shape index (κ1) is 38.8. The molecular weight excluding hydrogens is 689 g/mol. The van der Waals surface area contributed by atoms with Gasteiger partial charge in [0, 0.05) is 41.9 Å². The second-order valence-corrected chi connectivity index (χ2v) is 15.7. The molecule has 1 aromatic carbocycles. The number of aliphatic carboxylic acids is 1. The average molecular weight is 736 g/mol. The summed E-state index contributed by atoms with van der Waals surface area (Å²) in [6.45, 7) is 8.45. The fourth-order valence-corrected chi connectivity index (χ4v) is 9.96. The maximum atomic E-state index is 12.5. The molecule has 3 saturated carbocycles. The Labute approximate surface area is 306 Å². The van der Waals surface area contributed by atoms with Crippen LogP contribution in [0.15, 0.2) is 57.8 Å². The summed E-state index contributed by atoms with van der Waals surface area (Å²) in [7, 11) is 1.70. The number of aromatic nitrogens is 3. The number of hydrogen-bond donors (Lipinski definition) is 3. The number of carbonyl (C=O) groups excluding carboxylic acids is 3. The van der Waals surface area contributed by atoms with Gasteiger partial charge in [0.2, 0.25) is 11.6 Å². The van der Waals surface area contributed by atoms with E-state index in [2.05, 4.69) is 13.8 Å². The number of ketones is 3. The number of fused-ring (bicyclic) bond motifs is 5. The largest absolute Gasteiger partial charge is 0.481 e. The van der Waals surface area contributed by atoms with E-state index in [-0.39, 0.29) is 23.0 Å². The number of rotatable bonds is 5. The van der Waals surface area contributed by atoms with Gasteiger partial charge in [-0.3, -0.25) is 29.0 Å². The molecule has 0 spiro atoms. The van der Waals surface area contributed by atoms with Crippen LogP contribution in [0.4, 0.5) is 4.39 Å². The Hall–Kier alpha value is -4.38. The number of aromatic amines is 2. The molecule has 12 heteroatoms. The van der Waals surface area contributed by atoms with Gasteiger partial charge in [-0.15, -0.1) is 0 Å². The summed E-state index contributed by atoms with van der Waals surface area (Å²) in [5, 5.41) is 9.43. The first-order valence-electron chi connectivity index (χ1n) is 17.8. The maximum absolute atomic E-state index is 12.5. The molecule has 2 aromatic heterocycles. The predicted octanol–water partition coefficient (Wildman–Crippen LogP) is 6.77. The van der Waals surface area contributed by atoms with Gasteiger partial charge in [0.15, 0.2) is 5.78 Å². The highest BCUT2D eigenvalue weighted by Crippen LogP contribution is 2.66. The van der Waals surface area contributed by atoms with E-state index in [9.17, 15) is 33.2 Å². The van der Waals surface area contributed by atoms with E-state index in [0.717, 1.165) is 49.0 Å². The molecule has 3 aromatic rings. The van der Waals surface area contributed by atoms with Crippen molar-refractivity contribution in [2.75, 3.05) is 0 Å². The zero-order valence-corrected chi connectivity index (χ0v) is 31.1. The summed E-state index contributed by atoms with van der Waals surface area (Å²) in [6, 6.07) is 8.37. The van der Waals surface area contributed by atoms with Crippen LogP contribution < -0.4 is 11.2 Å². The Balaban J connectivity index is 0.000000164. The third-order valence-corrected chi connectivity index (χ3v) is 12.7. The second kappa shape index (κ2) is 15.3. The molecule has 0 aliphatic heterocycles. The van der Waals surface area contributed by atoms with Crippen LogP contribution in [-0.2, 0) is 27.9 Å². The molecule has 3 N–H and O–H groups in total. The van der Waals surface area contributed by atoms with Crippen LogP contribution in [0.1, 0.15) is 99.4 Å². The Morgan fingerprint density at radius 2 is 1.69 bits per heavy atom. The van der Waals surface area contributed by atoms with Crippen LogP contribution in [0.25, 0.3) is 0 Å². The minimum atomic E-state index is -1.00. The van der Waals surface area contributed by atoms with Crippen LogP contribution in [-0.4, -0.2) is 43.0 Å². The number of carboxylic acids is 1. The molecule has 52 heavy (non-hydrogen) atoms. The van der Waals surface area contributed by atoms with Gasteiger partial charge in [-0.2, -0.15) is 4.39 Å². The number of carbonyl (C=O) groups is 4. The summed E-state index contributed by atoms with van der Waals surface area (Å²) >= 11 is 5.80. The molecule has 10 nitrogen and oxygen atoms in total. The standard InChI is InChI=1S/C21H30O2.C15H14ClNO3.C4H3FN2O2/c1-13(22)17-6-7-18-16-5-4-14-12-15(23)8-10-20(14,2)19(16)9-11-21(17,18)3;1-9-7-12(8-13(18)19)17(2)14(9)15(20)10-3-5-11(16)6-4-10;5-2-1-6-4(9)7-3(2)8/h12,16-19H,4-11H2,1-3H3;3-7H,8H2,1-2H3,(H,18,19);1H,(H2,6,7,8,9)/t16-,17+,18-,19-,20-,21+;;/m0../s1.